The van der Waals surface area contributed by atoms with Crippen LogP contribution >= 0.6 is 0 Å². The van der Waals surface area contributed by atoms with Gasteiger partial charge in [-0.25, -0.2) is 0 Å². The van der Waals surface area contributed by atoms with Gasteiger partial charge in [-0.1, -0.05) is 6.07 Å². The number of amidine groups is 1. The molecule has 1 heterocycles. The SMILES string of the molecule is CC(=O)N(C)C1=NN(c2cccc(C(F)(F)F)c2)CC1. The van der Waals surface area contributed by atoms with Crippen LogP contribution in [0.25, 0.3) is 0 Å². The van der Waals surface area contributed by atoms with E-state index in [0.29, 0.717) is 24.5 Å². The van der Waals surface area contributed by atoms with Crippen molar-refractivity contribution < 1.29 is 18.0 Å². The monoisotopic (exact) mass is 285 g/mol. The summed E-state index contributed by atoms with van der Waals surface area (Å²) in [6.07, 6.45) is -3.86. The maximum Gasteiger partial charge on any atom is 0.416 e. The van der Waals surface area contributed by atoms with Crippen molar-refractivity contribution in [3.05, 3.63) is 29.8 Å². The van der Waals surface area contributed by atoms with Gasteiger partial charge in [-0.15, -0.1) is 0 Å². The largest absolute Gasteiger partial charge is 0.416 e. The number of hydrogen-bond donors (Lipinski definition) is 0. The molecule has 0 aromatic heterocycles. The van der Waals surface area contributed by atoms with Gasteiger partial charge < -0.3 is 4.90 Å². The zero-order valence-corrected chi connectivity index (χ0v) is 11.1. The van der Waals surface area contributed by atoms with Crippen LogP contribution in [-0.2, 0) is 11.0 Å². The fraction of sp³-hybridized carbons (Fsp3) is 0.385. The molecule has 0 spiro atoms. The Labute approximate surface area is 114 Å². The number of hydrogen-bond acceptors (Lipinski definition) is 3. The average molecular weight is 285 g/mol. The molecule has 20 heavy (non-hydrogen) atoms. The Morgan fingerprint density at radius 1 is 1.40 bits per heavy atom. The number of halogens is 3. The molecule has 1 aromatic carbocycles. The molecule has 0 N–H and O–H groups in total. The van der Waals surface area contributed by atoms with Crippen LogP contribution in [0.1, 0.15) is 18.9 Å². The molecule has 0 aliphatic carbocycles. The maximum atomic E-state index is 12.7. The summed E-state index contributed by atoms with van der Waals surface area (Å²) in [6, 6.07) is 4.99. The summed E-state index contributed by atoms with van der Waals surface area (Å²) in [4.78, 5) is 12.6. The number of carbonyl (C=O) groups excluding carboxylic acids is 1. The lowest BCUT2D eigenvalue weighted by Crippen LogP contribution is -2.29. The number of amides is 1. The van der Waals surface area contributed by atoms with Crippen LogP contribution in [0.2, 0.25) is 0 Å². The lowest BCUT2D eigenvalue weighted by Gasteiger charge is -2.16. The van der Waals surface area contributed by atoms with Crippen molar-refractivity contribution >= 4 is 17.4 Å². The number of benzene rings is 1. The minimum atomic E-state index is -4.38. The molecule has 2 rings (SSSR count). The normalized spacial score (nSPS) is 15.2. The van der Waals surface area contributed by atoms with Gasteiger partial charge in [-0.2, -0.15) is 18.3 Å². The number of nitrogens with zero attached hydrogens (tertiary/aromatic N) is 3. The molecule has 4 nitrogen and oxygen atoms in total. The quantitative estimate of drug-likeness (QED) is 0.795. The fourth-order valence-corrected chi connectivity index (χ4v) is 1.89. The molecule has 1 aliphatic rings. The van der Waals surface area contributed by atoms with Gasteiger partial charge in [0.2, 0.25) is 5.91 Å². The molecule has 0 radical (unpaired) electrons. The van der Waals surface area contributed by atoms with Crippen LogP contribution in [0, 0.1) is 0 Å². The molecule has 1 aliphatic heterocycles. The van der Waals surface area contributed by atoms with E-state index in [1.165, 1.54) is 22.9 Å². The zero-order chi connectivity index (χ0) is 14.9. The molecule has 0 bridgehead atoms. The second kappa shape index (κ2) is 5.15. The van der Waals surface area contributed by atoms with E-state index in [0.717, 1.165) is 12.1 Å². The topological polar surface area (TPSA) is 35.9 Å². The van der Waals surface area contributed by atoms with Gasteiger partial charge in [0.05, 0.1) is 11.3 Å². The first-order valence-corrected chi connectivity index (χ1v) is 6.05. The van der Waals surface area contributed by atoms with Gasteiger partial charge in [0.1, 0.15) is 5.84 Å². The number of alkyl halides is 3. The smallest absolute Gasteiger partial charge is 0.302 e. The van der Waals surface area contributed by atoms with Crippen molar-refractivity contribution in [2.45, 2.75) is 19.5 Å². The predicted molar refractivity (Wildman–Crippen MR) is 69.3 cm³/mol. The zero-order valence-electron chi connectivity index (χ0n) is 11.1. The highest BCUT2D eigenvalue weighted by atomic mass is 19.4. The summed E-state index contributed by atoms with van der Waals surface area (Å²) < 4.78 is 38.0. The van der Waals surface area contributed by atoms with Crippen molar-refractivity contribution in [3.63, 3.8) is 0 Å². The van der Waals surface area contributed by atoms with E-state index < -0.39 is 11.7 Å². The third-order valence-electron chi connectivity index (χ3n) is 3.11. The number of hydrazone groups is 1. The Bertz CT molecular complexity index is 554. The summed E-state index contributed by atoms with van der Waals surface area (Å²) >= 11 is 0. The van der Waals surface area contributed by atoms with Crippen molar-refractivity contribution in [2.75, 3.05) is 18.6 Å². The van der Waals surface area contributed by atoms with Gasteiger partial charge in [-0.05, 0) is 18.2 Å². The fourth-order valence-electron chi connectivity index (χ4n) is 1.89. The minimum Gasteiger partial charge on any atom is -0.302 e. The molecule has 0 saturated carbocycles. The van der Waals surface area contributed by atoms with Gasteiger partial charge in [-0.3, -0.25) is 9.80 Å². The summed E-state index contributed by atoms with van der Waals surface area (Å²) in [6.45, 7) is 1.86. The molecule has 0 atom stereocenters. The average Bonchev–Trinajstić information content (AvgIpc) is 2.86. The first-order chi connectivity index (χ1) is 9.29. The van der Waals surface area contributed by atoms with Crippen molar-refractivity contribution in [2.24, 2.45) is 5.10 Å². The van der Waals surface area contributed by atoms with Gasteiger partial charge in [0.25, 0.3) is 0 Å². The Hall–Kier alpha value is -2.05. The van der Waals surface area contributed by atoms with Crippen LogP contribution in [0.3, 0.4) is 0 Å². The highest BCUT2D eigenvalue weighted by Crippen LogP contribution is 2.32. The van der Waals surface area contributed by atoms with Crippen molar-refractivity contribution in [1.82, 2.24) is 4.90 Å². The van der Waals surface area contributed by atoms with Gasteiger partial charge in [0.15, 0.2) is 0 Å². The van der Waals surface area contributed by atoms with Crippen LogP contribution in [-0.4, -0.2) is 30.2 Å². The van der Waals surface area contributed by atoms with E-state index in [9.17, 15) is 18.0 Å². The molecule has 1 aromatic rings. The molecule has 0 fully saturated rings. The van der Waals surface area contributed by atoms with E-state index >= 15 is 0 Å². The Balaban J connectivity index is 2.24. The number of carbonyl (C=O) groups is 1. The molecule has 0 unspecified atom stereocenters. The summed E-state index contributed by atoms with van der Waals surface area (Å²) in [5, 5.41) is 5.67. The van der Waals surface area contributed by atoms with Gasteiger partial charge in [0, 0.05) is 26.9 Å². The first-order valence-electron chi connectivity index (χ1n) is 6.05. The van der Waals surface area contributed by atoms with Crippen molar-refractivity contribution in [1.29, 1.82) is 0 Å². The molecule has 108 valence electrons. The summed E-state index contributed by atoms with van der Waals surface area (Å²) in [7, 11) is 1.59. The van der Waals surface area contributed by atoms with E-state index in [1.54, 1.807) is 13.1 Å². The van der Waals surface area contributed by atoms with Crippen LogP contribution in [0.4, 0.5) is 18.9 Å². The molecular weight excluding hydrogens is 271 g/mol. The lowest BCUT2D eigenvalue weighted by atomic mass is 10.2. The van der Waals surface area contributed by atoms with Gasteiger partial charge >= 0.3 is 6.18 Å². The van der Waals surface area contributed by atoms with E-state index in [2.05, 4.69) is 5.10 Å². The Morgan fingerprint density at radius 3 is 2.70 bits per heavy atom. The molecular formula is C13H14F3N3O. The van der Waals surface area contributed by atoms with Crippen molar-refractivity contribution in [3.8, 4) is 0 Å². The Morgan fingerprint density at radius 2 is 2.10 bits per heavy atom. The maximum absolute atomic E-state index is 12.7. The first kappa shape index (κ1) is 14.4. The Kier molecular flexibility index (Phi) is 3.69. The van der Waals surface area contributed by atoms with Crippen LogP contribution in [0.5, 0.6) is 0 Å². The second-order valence-electron chi connectivity index (χ2n) is 4.52. The van der Waals surface area contributed by atoms with Crippen LogP contribution < -0.4 is 5.01 Å². The molecule has 0 saturated heterocycles. The van der Waals surface area contributed by atoms with E-state index in [-0.39, 0.29) is 5.91 Å². The third-order valence-corrected chi connectivity index (χ3v) is 3.11. The predicted octanol–water partition coefficient (Wildman–Crippen LogP) is 2.71. The highest BCUT2D eigenvalue weighted by Gasteiger charge is 2.31. The second-order valence-corrected chi connectivity index (χ2v) is 4.52. The highest BCUT2D eigenvalue weighted by molar-refractivity contribution is 5.98. The van der Waals surface area contributed by atoms with Crippen LogP contribution in [0.15, 0.2) is 29.4 Å². The third kappa shape index (κ3) is 2.92. The summed E-state index contributed by atoms with van der Waals surface area (Å²) in [5.74, 6) is 0.393. The number of anilines is 1. The minimum absolute atomic E-state index is 0.158. The summed E-state index contributed by atoms with van der Waals surface area (Å²) in [5.41, 5.74) is -0.342. The molecule has 7 heteroatoms. The number of rotatable bonds is 1. The lowest BCUT2D eigenvalue weighted by molar-refractivity contribution is -0.137. The standard InChI is InChI=1S/C13H14F3N3O/c1-9(20)18(2)12-6-7-19(17-12)11-5-3-4-10(8-11)13(14,15)16/h3-5,8H,6-7H2,1-2H3. The molecule has 1 amide bonds. The van der Waals surface area contributed by atoms with E-state index in [4.69, 9.17) is 0 Å². The van der Waals surface area contributed by atoms with E-state index in [1.807, 2.05) is 0 Å².